The molecule has 1 atom stereocenters. The molecule has 0 amide bonds. The van der Waals surface area contributed by atoms with Gasteiger partial charge in [0.15, 0.2) is 5.01 Å². The second-order valence-electron chi connectivity index (χ2n) is 3.30. The highest BCUT2D eigenvalue weighted by Crippen LogP contribution is 2.31. The fraction of sp³-hybridized carbons (Fsp3) is 0.667. The number of likely N-dealkylation sites (N-methyl/N-ethyl adjacent to an activating group) is 1. The number of nitrogens with zero attached hydrogens (tertiary/aromatic N) is 1. The van der Waals surface area contributed by atoms with Crippen molar-refractivity contribution in [2.45, 2.75) is 32.5 Å². The highest BCUT2D eigenvalue weighted by molar-refractivity contribution is 7.09. The topological polar surface area (TPSA) is 24.9 Å². The van der Waals surface area contributed by atoms with Gasteiger partial charge in [-0.3, -0.25) is 0 Å². The molecule has 1 aromatic heterocycles. The van der Waals surface area contributed by atoms with E-state index in [0.29, 0.717) is 23.5 Å². The van der Waals surface area contributed by atoms with Gasteiger partial charge < -0.3 is 5.32 Å². The predicted octanol–water partition coefficient (Wildman–Crippen LogP) is 2.70. The van der Waals surface area contributed by atoms with Gasteiger partial charge in [-0.25, -0.2) is 4.98 Å². The molecule has 15 heavy (non-hydrogen) atoms. The molecule has 2 nitrogen and oxygen atoms in total. The Morgan fingerprint density at radius 2 is 2.20 bits per heavy atom. The fourth-order valence-electron chi connectivity index (χ4n) is 1.27. The Labute approximate surface area is 90.5 Å². The molecule has 0 aliphatic rings. The maximum absolute atomic E-state index is 12.2. The summed E-state index contributed by atoms with van der Waals surface area (Å²) in [7, 11) is 0. The van der Waals surface area contributed by atoms with Gasteiger partial charge in [0.25, 0.3) is 0 Å². The van der Waals surface area contributed by atoms with Crippen LogP contribution in [0.3, 0.4) is 0 Å². The molecule has 0 bridgehead atoms. The van der Waals surface area contributed by atoms with Crippen molar-refractivity contribution in [3.05, 3.63) is 16.1 Å². The average molecular weight is 238 g/mol. The molecular weight excluding hydrogens is 225 g/mol. The van der Waals surface area contributed by atoms with E-state index >= 15 is 0 Å². The van der Waals surface area contributed by atoms with Crippen molar-refractivity contribution in [1.82, 2.24) is 10.3 Å². The minimum atomic E-state index is -4.32. The third-order valence-corrected chi connectivity index (χ3v) is 2.80. The molecule has 86 valence electrons. The Bertz CT molecular complexity index is 309. The molecule has 6 heteroatoms. The number of halogens is 3. The Balaban J connectivity index is 2.61. The van der Waals surface area contributed by atoms with E-state index < -0.39 is 11.2 Å². The maximum Gasteiger partial charge on any atom is 0.443 e. The number of hydrogen-bond donors (Lipinski definition) is 1. The van der Waals surface area contributed by atoms with Crippen LogP contribution in [-0.2, 0) is 12.6 Å². The lowest BCUT2D eigenvalue weighted by molar-refractivity contribution is -0.137. The van der Waals surface area contributed by atoms with Crippen molar-refractivity contribution in [2.24, 2.45) is 0 Å². The molecule has 0 spiro atoms. The second-order valence-corrected chi connectivity index (χ2v) is 4.16. The molecule has 0 saturated carbocycles. The maximum atomic E-state index is 12.2. The molecule has 1 N–H and O–H groups in total. The molecule has 1 heterocycles. The standard InChI is InChI=1S/C9H13F3N2S/c1-3-13-6(2)4-7-5-15-8(14-7)9(10,11)12/h5-6,13H,3-4H2,1-2H3. The van der Waals surface area contributed by atoms with Gasteiger partial charge in [-0.1, -0.05) is 6.92 Å². The van der Waals surface area contributed by atoms with Crippen LogP contribution < -0.4 is 5.32 Å². The number of rotatable bonds is 4. The first kappa shape index (κ1) is 12.4. The van der Waals surface area contributed by atoms with Gasteiger partial charge in [0.2, 0.25) is 0 Å². The lowest BCUT2D eigenvalue weighted by Gasteiger charge is -2.09. The number of nitrogens with one attached hydrogen (secondary N) is 1. The zero-order chi connectivity index (χ0) is 11.5. The van der Waals surface area contributed by atoms with Gasteiger partial charge in [-0.15, -0.1) is 11.3 Å². The average Bonchev–Trinajstić information content (AvgIpc) is 2.52. The van der Waals surface area contributed by atoms with Crippen LogP contribution in [0.25, 0.3) is 0 Å². The molecule has 1 unspecified atom stereocenters. The summed E-state index contributed by atoms with van der Waals surface area (Å²) in [5, 5.41) is 3.83. The minimum Gasteiger partial charge on any atom is -0.314 e. The van der Waals surface area contributed by atoms with E-state index in [2.05, 4.69) is 10.3 Å². The normalized spacial score (nSPS) is 14.2. The number of thiazole rings is 1. The van der Waals surface area contributed by atoms with Crippen LogP contribution in [0.15, 0.2) is 5.38 Å². The third-order valence-electron chi connectivity index (χ3n) is 1.86. The molecule has 0 fully saturated rings. The van der Waals surface area contributed by atoms with Crippen molar-refractivity contribution in [2.75, 3.05) is 6.54 Å². The zero-order valence-corrected chi connectivity index (χ0v) is 9.37. The summed E-state index contributed by atoms with van der Waals surface area (Å²) in [6.45, 7) is 4.69. The van der Waals surface area contributed by atoms with Gasteiger partial charge in [0.1, 0.15) is 0 Å². The van der Waals surface area contributed by atoms with Crippen LogP contribution in [0.4, 0.5) is 13.2 Å². The molecule has 0 saturated heterocycles. The molecular formula is C9H13F3N2S. The highest BCUT2D eigenvalue weighted by atomic mass is 32.1. The van der Waals surface area contributed by atoms with Crippen molar-refractivity contribution in [3.8, 4) is 0 Å². The van der Waals surface area contributed by atoms with Crippen molar-refractivity contribution in [1.29, 1.82) is 0 Å². The van der Waals surface area contributed by atoms with Gasteiger partial charge in [0.05, 0.1) is 5.69 Å². The van der Waals surface area contributed by atoms with Crippen LogP contribution >= 0.6 is 11.3 Å². The number of alkyl halides is 3. The monoisotopic (exact) mass is 238 g/mol. The van der Waals surface area contributed by atoms with E-state index in [1.807, 2.05) is 13.8 Å². The first-order valence-corrected chi connectivity index (χ1v) is 5.56. The van der Waals surface area contributed by atoms with E-state index in [1.165, 1.54) is 5.38 Å². The van der Waals surface area contributed by atoms with Crippen molar-refractivity contribution < 1.29 is 13.2 Å². The largest absolute Gasteiger partial charge is 0.443 e. The predicted molar refractivity (Wildman–Crippen MR) is 54.0 cm³/mol. The van der Waals surface area contributed by atoms with E-state index in [9.17, 15) is 13.2 Å². The molecule has 0 aromatic carbocycles. The minimum absolute atomic E-state index is 0.151. The van der Waals surface area contributed by atoms with Gasteiger partial charge >= 0.3 is 6.18 Å². The SMILES string of the molecule is CCNC(C)Cc1csc(C(F)(F)F)n1. The van der Waals surface area contributed by atoms with Crippen LogP contribution in [0.5, 0.6) is 0 Å². The number of aromatic nitrogens is 1. The van der Waals surface area contributed by atoms with E-state index in [0.717, 1.165) is 6.54 Å². The van der Waals surface area contributed by atoms with Crippen LogP contribution in [0.1, 0.15) is 24.5 Å². The highest BCUT2D eigenvalue weighted by Gasteiger charge is 2.34. The molecule has 0 radical (unpaired) electrons. The van der Waals surface area contributed by atoms with E-state index in [1.54, 1.807) is 0 Å². The Kier molecular flexibility index (Phi) is 4.10. The van der Waals surface area contributed by atoms with Crippen molar-refractivity contribution >= 4 is 11.3 Å². The van der Waals surface area contributed by atoms with Gasteiger partial charge in [-0.05, 0) is 13.5 Å². The van der Waals surface area contributed by atoms with E-state index in [-0.39, 0.29) is 6.04 Å². The van der Waals surface area contributed by atoms with Crippen LogP contribution in [0, 0.1) is 0 Å². The summed E-state index contributed by atoms with van der Waals surface area (Å²) in [6.07, 6.45) is -3.79. The Morgan fingerprint density at radius 3 is 2.67 bits per heavy atom. The van der Waals surface area contributed by atoms with Crippen LogP contribution in [0.2, 0.25) is 0 Å². The summed E-state index contributed by atoms with van der Waals surface area (Å²) >= 11 is 0.653. The molecule has 1 aromatic rings. The Hall–Kier alpha value is -0.620. The van der Waals surface area contributed by atoms with Gasteiger partial charge in [0, 0.05) is 17.8 Å². The molecule has 0 aliphatic carbocycles. The summed E-state index contributed by atoms with van der Waals surface area (Å²) in [5.74, 6) is 0. The lowest BCUT2D eigenvalue weighted by Crippen LogP contribution is -2.27. The first-order valence-electron chi connectivity index (χ1n) is 4.68. The summed E-state index contributed by atoms with van der Waals surface area (Å²) < 4.78 is 36.7. The quantitative estimate of drug-likeness (QED) is 0.872. The smallest absolute Gasteiger partial charge is 0.314 e. The Morgan fingerprint density at radius 1 is 1.53 bits per heavy atom. The molecule has 1 rings (SSSR count). The third kappa shape index (κ3) is 3.79. The van der Waals surface area contributed by atoms with E-state index in [4.69, 9.17) is 0 Å². The number of hydrogen-bond acceptors (Lipinski definition) is 3. The second kappa shape index (κ2) is 4.94. The molecule has 0 aliphatic heterocycles. The van der Waals surface area contributed by atoms with Crippen molar-refractivity contribution in [3.63, 3.8) is 0 Å². The van der Waals surface area contributed by atoms with Gasteiger partial charge in [-0.2, -0.15) is 13.2 Å². The first-order chi connectivity index (χ1) is 6.93. The lowest BCUT2D eigenvalue weighted by atomic mass is 10.2. The zero-order valence-electron chi connectivity index (χ0n) is 8.56. The summed E-state index contributed by atoms with van der Waals surface area (Å²) in [6, 6.07) is 0.151. The van der Waals surface area contributed by atoms with Crippen LogP contribution in [-0.4, -0.2) is 17.6 Å². The summed E-state index contributed by atoms with van der Waals surface area (Å²) in [5.41, 5.74) is 0.501. The summed E-state index contributed by atoms with van der Waals surface area (Å²) in [4.78, 5) is 3.56. The fourth-order valence-corrected chi connectivity index (χ4v) is 1.97.